The van der Waals surface area contributed by atoms with Crippen LogP contribution in [-0.2, 0) is 22.6 Å². The van der Waals surface area contributed by atoms with E-state index in [1.54, 1.807) is 31.4 Å². The molecule has 0 aliphatic rings. The standard InChI is InChI=1S/C26H27NO5/c1-18-4-6-20(7-5-18)17-32-23-14-8-19(16-24(23)30-2)9-15-25(28)27-22-12-10-21(11-13-22)26(29)31-3/h4-8,10-14,16H,9,15,17H2,1-3H3,(H,27,28). The molecule has 3 aromatic carbocycles. The first-order valence-electron chi connectivity index (χ1n) is 10.3. The number of esters is 1. The van der Waals surface area contributed by atoms with E-state index in [-0.39, 0.29) is 5.91 Å². The summed E-state index contributed by atoms with van der Waals surface area (Å²) in [6.07, 6.45) is 0.867. The van der Waals surface area contributed by atoms with E-state index < -0.39 is 5.97 Å². The van der Waals surface area contributed by atoms with E-state index in [9.17, 15) is 9.59 Å². The molecule has 1 amide bonds. The van der Waals surface area contributed by atoms with Gasteiger partial charge in [0.1, 0.15) is 6.61 Å². The smallest absolute Gasteiger partial charge is 0.337 e. The minimum absolute atomic E-state index is 0.116. The summed E-state index contributed by atoms with van der Waals surface area (Å²) in [6, 6.07) is 20.5. The molecule has 0 unspecified atom stereocenters. The van der Waals surface area contributed by atoms with Crippen LogP contribution in [0.2, 0.25) is 0 Å². The minimum atomic E-state index is -0.414. The van der Waals surface area contributed by atoms with Crippen molar-refractivity contribution in [3.05, 3.63) is 89.0 Å². The van der Waals surface area contributed by atoms with E-state index in [2.05, 4.69) is 22.2 Å². The average Bonchev–Trinajstić information content (AvgIpc) is 2.82. The van der Waals surface area contributed by atoms with Crippen molar-refractivity contribution in [2.75, 3.05) is 19.5 Å². The highest BCUT2D eigenvalue weighted by Gasteiger charge is 2.10. The zero-order valence-electron chi connectivity index (χ0n) is 18.5. The van der Waals surface area contributed by atoms with Crippen LogP contribution in [0.1, 0.15) is 33.5 Å². The molecule has 0 saturated carbocycles. The van der Waals surface area contributed by atoms with Crippen LogP contribution in [0.3, 0.4) is 0 Å². The van der Waals surface area contributed by atoms with E-state index in [4.69, 9.17) is 9.47 Å². The van der Waals surface area contributed by atoms with Crippen molar-refractivity contribution in [3.8, 4) is 11.5 Å². The molecule has 0 aromatic heterocycles. The number of carbonyl (C=O) groups excluding carboxylic acids is 2. The van der Waals surface area contributed by atoms with E-state index in [0.29, 0.717) is 42.2 Å². The Morgan fingerprint density at radius 1 is 0.844 bits per heavy atom. The fourth-order valence-electron chi connectivity index (χ4n) is 3.12. The molecule has 0 radical (unpaired) electrons. The van der Waals surface area contributed by atoms with Gasteiger partial charge in [-0.3, -0.25) is 4.79 Å². The Hall–Kier alpha value is -3.80. The lowest BCUT2D eigenvalue weighted by Crippen LogP contribution is -2.12. The van der Waals surface area contributed by atoms with Gasteiger partial charge in [-0.05, 0) is 60.9 Å². The molecule has 0 saturated heterocycles. The zero-order valence-corrected chi connectivity index (χ0v) is 18.5. The van der Waals surface area contributed by atoms with Crippen molar-refractivity contribution in [1.82, 2.24) is 0 Å². The van der Waals surface area contributed by atoms with E-state index >= 15 is 0 Å². The summed E-state index contributed by atoms with van der Waals surface area (Å²) in [5.74, 6) is 0.762. The van der Waals surface area contributed by atoms with Crippen LogP contribution in [0.25, 0.3) is 0 Å². The van der Waals surface area contributed by atoms with Gasteiger partial charge in [-0.15, -0.1) is 0 Å². The number of amides is 1. The highest BCUT2D eigenvalue weighted by molar-refractivity contribution is 5.93. The maximum Gasteiger partial charge on any atom is 0.337 e. The number of methoxy groups -OCH3 is 2. The Kier molecular flexibility index (Phi) is 7.86. The van der Waals surface area contributed by atoms with E-state index in [0.717, 1.165) is 11.1 Å². The third kappa shape index (κ3) is 6.35. The molecule has 32 heavy (non-hydrogen) atoms. The summed E-state index contributed by atoms with van der Waals surface area (Å²) >= 11 is 0. The van der Waals surface area contributed by atoms with Crippen LogP contribution < -0.4 is 14.8 Å². The highest BCUT2D eigenvalue weighted by Crippen LogP contribution is 2.29. The lowest BCUT2D eigenvalue weighted by molar-refractivity contribution is -0.116. The molecule has 6 heteroatoms. The van der Waals surface area contributed by atoms with Gasteiger partial charge in [-0.2, -0.15) is 0 Å². The third-order valence-corrected chi connectivity index (χ3v) is 4.97. The summed E-state index contributed by atoms with van der Waals surface area (Å²) in [5.41, 5.74) is 4.32. The molecule has 6 nitrogen and oxygen atoms in total. The summed E-state index contributed by atoms with van der Waals surface area (Å²) in [5, 5.41) is 2.83. The van der Waals surface area contributed by atoms with Crippen LogP contribution in [-0.4, -0.2) is 26.1 Å². The lowest BCUT2D eigenvalue weighted by Gasteiger charge is -2.13. The SMILES string of the molecule is COC(=O)c1ccc(NC(=O)CCc2ccc(OCc3ccc(C)cc3)c(OC)c2)cc1. The highest BCUT2D eigenvalue weighted by atomic mass is 16.5. The normalized spacial score (nSPS) is 10.3. The minimum Gasteiger partial charge on any atom is -0.493 e. The molecule has 0 fully saturated rings. The van der Waals surface area contributed by atoms with E-state index in [1.165, 1.54) is 12.7 Å². The second-order valence-corrected chi connectivity index (χ2v) is 7.38. The number of benzene rings is 3. The second-order valence-electron chi connectivity index (χ2n) is 7.38. The summed E-state index contributed by atoms with van der Waals surface area (Å²) < 4.78 is 16.1. The van der Waals surface area contributed by atoms with Crippen molar-refractivity contribution < 1.29 is 23.8 Å². The molecular formula is C26H27NO5. The first kappa shape index (κ1) is 22.9. The van der Waals surface area contributed by atoms with Crippen molar-refractivity contribution in [2.45, 2.75) is 26.4 Å². The number of rotatable bonds is 9. The molecule has 0 aliphatic carbocycles. The topological polar surface area (TPSA) is 73.9 Å². The Labute approximate surface area is 188 Å². The van der Waals surface area contributed by atoms with Crippen LogP contribution in [0, 0.1) is 6.92 Å². The fraction of sp³-hybridized carbons (Fsp3) is 0.231. The number of nitrogens with one attached hydrogen (secondary N) is 1. The Bertz CT molecular complexity index is 1060. The quantitative estimate of drug-likeness (QED) is 0.484. The number of aryl methyl sites for hydroxylation is 2. The summed E-state index contributed by atoms with van der Waals surface area (Å²) in [6.45, 7) is 2.50. The van der Waals surface area contributed by atoms with Gasteiger partial charge in [-0.25, -0.2) is 4.79 Å². The number of anilines is 1. The largest absolute Gasteiger partial charge is 0.493 e. The summed E-state index contributed by atoms with van der Waals surface area (Å²) in [7, 11) is 2.93. The molecule has 0 bridgehead atoms. The number of hydrogen-bond donors (Lipinski definition) is 1. The predicted molar refractivity (Wildman–Crippen MR) is 123 cm³/mol. The Morgan fingerprint density at radius 2 is 1.53 bits per heavy atom. The van der Waals surface area contributed by atoms with Crippen LogP contribution in [0.5, 0.6) is 11.5 Å². The van der Waals surface area contributed by atoms with Crippen LogP contribution in [0.4, 0.5) is 5.69 Å². The summed E-state index contributed by atoms with van der Waals surface area (Å²) in [4.78, 5) is 23.8. The van der Waals surface area contributed by atoms with Crippen molar-refractivity contribution in [2.24, 2.45) is 0 Å². The zero-order chi connectivity index (χ0) is 22.9. The van der Waals surface area contributed by atoms with Gasteiger partial charge < -0.3 is 19.5 Å². The van der Waals surface area contributed by atoms with Gasteiger partial charge in [0, 0.05) is 12.1 Å². The van der Waals surface area contributed by atoms with Gasteiger partial charge >= 0.3 is 5.97 Å². The number of hydrogen-bond acceptors (Lipinski definition) is 5. The Morgan fingerprint density at radius 3 is 2.19 bits per heavy atom. The van der Waals surface area contributed by atoms with Gasteiger partial charge in [0.05, 0.1) is 19.8 Å². The monoisotopic (exact) mass is 433 g/mol. The lowest BCUT2D eigenvalue weighted by atomic mass is 10.1. The Balaban J connectivity index is 1.53. The van der Waals surface area contributed by atoms with Crippen LogP contribution >= 0.6 is 0 Å². The van der Waals surface area contributed by atoms with Gasteiger partial charge in [0.15, 0.2) is 11.5 Å². The number of ether oxygens (including phenoxy) is 3. The predicted octanol–water partition coefficient (Wildman–Crippen LogP) is 4.94. The molecular weight excluding hydrogens is 406 g/mol. The molecule has 1 N–H and O–H groups in total. The molecule has 166 valence electrons. The molecule has 3 rings (SSSR count). The van der Waals surface area contributed by atoms with Crippen LogP contribution in [0.15, 0.2) is 66.7 Å². The second kappa shape index (κ2) is 11.0. The first-order valence-corrected chi connectivity index (χ1v) is 10.3. The maximum absolute atomic E-state index is 12.3. The van der Waals surface area contributed by atoms with Gasteiger partial charge in [-0.1, -0.05) is 35.9 Å². The van der Waals surface area contributed by atoms with Crippen molar-refractivity contribution >= 4 is 17.6 Å². The number of carbonyl (C=O) groups is 2. The third-order valence-electron chi connectivity index (χ3n) is 4.97. The molecule has 0 heterocycles. The molecule has 0 atom stereocenters. The molecule has 3 aromatic rings. The average molecular weight is 434 g/mol. The fourth-order valence-corrected chi connectivity index (χ4v) is 3.12. The van der Waals surface area contributed by atoms with Gasteiger partial charge in [0.2, 0.25) is 5.91 Å². The van der Waals surface area contributed by atoms with Crippen molar-refractivity contribution in [1.29, 1.82) is 0 Å². The van der Waals surface area contributed by atoms with Crippen molar-refractivity contribution in [3.63, 3.8) is 0 Å². The molecule has 0 aliphatic heterocycles. The molecule has 0 spiro atoms. The van der Waals surface area contributed by atoms with E-state index in [1.807, 2.05) is 37.3 Å². The maximum atomic E-state index is 12.3. The van der Waals surface area contributed by atoms with Gasteiger partial charge in [0.25, 0.3) is 0 Å². The first-order chi connectivity index (χ1) is 15.5.